The highest BCUT2D eigenvalue weighted by molar-refractivity contribution is 7.80. The second-order valence-electron chi connectivity index (χ2n) is 5.13. The fraction of sp³-hybridized carbons (Fsp3) is 0.294. The standard InChI is InChI=1S/C17H23NS/c1-11(2)13(5)17(12(3)4)14(6)18-15-9-7-8-10-16(15)19/h7-10,13,17-19H,1,3,6H2,2,4-5H3. The van der Waals surface area contributed by atoms with Gasteiger partial charge >= 0.3 is 0 Å². The first-order chi connectivity index (χ1) is 8.84. The number of anilines is 1. The van der Waals surface area contributed by atoms with Gasteiger partial charge in [-0.3, -0.25) is 0 Å². The molecule has 2 atom stereocenters. The quantitative estimate of drug-likeness (QED) is 0.529. The lowest BCUT2D eigenvalue weighted by molar-refractivity contribution is 0.533. The fourth-order valence-corrected chi connectivity index (χ4v) is 2.36. The van der Waals surface area contributed by atoms with Crippen LogP contribution < -0.4 is 5.32 Å². The van der Waals surface area contributed by atoms with Gasteiger partial charge in [-0.05, 0) is 31.9 Å². The molecule has 0 heterocycles. The fourth-order valence-electron chi connectivity index (χ4n) is 2.14. The van der Waals surface area contributed by atoms with E-state index in [0.717, 1.165) is 27.4 Å². The number of rotatable bonds is 6. The molecule has 0 aliphatic rings. The molecule has 102 valence electrons. The lowest BCUT2D eigenvalue weighted by Crippen LogP contribution is -2.20. The van der Waals surface area contributed by atoms with Crippen molar-refractivity contribution in [2.45, 2.75) is 25.7 Å². The molecule has 0 saturated carbocycles. The summed E-state index contributed by atoms with van der Waals surface area (Å²) in [5, 5.41) is 3.35. The van der Waals surface area contributed by atoms with E-state index in [1.54, 1.807) is 0 Å². The van der Waals surface area contributed by atoms with Crippen LogP contribution in [0.1, 0.15) is 20.8 Å². The molecule has 2 heteroatoms. The minimum Gasteiger partial charge on any atom is -0.358 e. The first-order valence-electron chi connectivity index (χ1n) is 6.39. The Kier molecular flexibility index (Phi) is 5.49. The summed E-state index contributed by atoms with van der Waals surface area (Å²) in [6.45, 7) is 18.5. The predicted octanol–water partition coefficient (Wildman–Crippen LogP) is 5.31. The first kappa shape index (κ1) is 15.6. The van der Waals surface area contributed by atoms with E-state index in [9.17, 15) is 0 Å². The van der Waals surface area contributed by atoms with Crippen molar-refractivity contribution in [3.63, 3.8) is 0 Å². The van der Waals surface area contributed by atoms with Gasteiger partial charge < -0.3 is 5.32 Å². The van der Waals surface area contributed by atoms with E-state index in [2.05, 4.69) is 44.6 Å². The topological polar surface area (TPSA) is 12.0 Å². The number of hydrogen-bond acceptors (Lipinski definition) is 2. The van der Waals surface area contributed by atoms with Crippen LogP contribution >= 0.6 is 12.6 Å². The summed E-state index contributed by atoms with van der Waals surface area (Å²) in [5.74, 6) is 0.481. The van der Waals surface area contributed by atoms with E-state index in [0.29, 0.717) is 5.92 Å². The Labute approximate surface area is 122 Å². The highest BCUT2D eigenvalue weighted by Crippen LogP contribution is 2.32. The number of nitrogens with one attached hydrogen (secondary N) is 1. The zero-order valence-electron chi connectivity index (χ0n) is 12.0. The molecule has 0 amide bonds. The van der Waals surface area contributed by atoms with Gasteiger partial charge in [0.25, 0.3) is 0 Å². The second kappa shape index (κ2) is 6.67. The van der Waals surface area contributed by atoms with Crippen LogP contribution in [0.4, 0.5) is 5.69 Å². The molecule has 1 aromatic rings. The third-order valence-corrected chi connectivity index (χ3v) is 3.77. The Morgan fingerprint density at radius 3 is 2.16 bits per heavy atom. The maximum Gasteiger partial charge on any atom is 0.0517 e. The van der Waals surface area contributed by atoms with E-state index in [1.165, 1.54) is 0 Å². The summed E-state index contributed by atoms with van der Waals surface area (Å²) in [6, 6.07) is 7.89. The number of benzene rings is 1. The molecule has 0 spiro atoms. The minimum atomic E-state index is 0.172. The van der Waals surface area contributed by atoms with Crippen molar-refractivity contribution >= 4 is 18.3 Å². The molecule has 2 unspecified atom stereocenters. The molecular weight excluding hydrogens is 250 g/mol. The molecule has 0 bridgehead atoms. The molecule has 0 aliphatic heterocycles. The minimum absolute atomic E-state index is 0.172. The van der Waals surface area contributed by atoms with Crippen molar-refractivity contribution in [3.05, 3.63) is 60.8 Å². The molecule has 1 N–H and O–H groups in total. The van der Waals surface area contributed by atoms with Crippen molar-refractivity contribution < 1.29 is 0 Å². The van der Waals surface area contributed by atoms with Crippen LogP contribution in [0, 0.1) is 11.8 Å². The summed E-state index contributed by atoms with van der Waals surface area (Å²) in [5.41, 5.74) is 4.13. The Morgan fingerprint density at radius 1 is 1.11 bits per heavy atom. The molecule has 1 rings (SSSR count). The van der Waals surface area contributed by atoms with Gasteiger partial charge in [0.05, 0.1) is 5.69 Å². The Morgan fingerprint density at radius 2 is 1.68 bits per heavy atom. The van der Waals surface area contributed by atoms with Gasteiger partial charge in [0.15, 0.2) is 0 Å². The molecule has 0 radical (unpaired) electrons. The van der Waals surface area contributed by atoms with Gasteiger partial charge in [0, 0.05) is 16.5 Å². The van der Waals surface area contributed by atoms with Crippen molar-refractivity contribution in [2.75, 3.05) is 5.32 Å². The van der Waals surface area contributed by atoms with Crippen LogP contribution in [0.5, 0.6) is 0 Å². The lowest BCUT2D eigenvalue weighted by Gasteiger charge is -2.28. The number of hydrogen-bond donors (Lipinski definition) is 2. The Hall–Kier alpha value is -1.41. The van der Waals surface area contributed by atoms with Crippen LogP contribution in [-0.4, -0.2) is 0 Å². The third kappa shape index (κ3) is 4.03. The summed E-state index contributed by atoms with van der Waals surface area (Å²) in [7, 11) is 0. The highest BCUT2D eigenvalue weighted by Gasteiger charge is 2.22. The van der Waals surface area contributed by atoms with E-state index >= 15 is 0 Å². The Bertz CT molecular complexity index is 502. The van der Waals surface area contributed by atoms with Crippen LogP contribution in [0.25, 0.3) is 0 Å². The number of para-hydroxylation sites is 1. The second-order valence-corrected chi connectivity index (χ2v) is 5.61. The van der Waals surface area contributed by atoms with E-state index in [1.807, 2.05) is 38.1 Å². The summed E-state index contributed by atoms with van der Waals surface area (Å²) in [6.07, 6.45) is 0. The molecule has 0 fully saturated rings. The molecule has 19 heavy (non-hydrogen) atoms. The van der Waals surface area contributed by atoms with E-state index < -0.39 is 0 Å². The van der Waals surface area contributed by atoms with E-state index in [-0.39, 0.29) is 5.92 Å². The maximum absolute atomic E-state index is 4.44. The van der Waals surface area contributed by atoms with Crippen LogP contribution in [0.3, 0.4) is 0 Å². The van der Waals surface area contributed by atoms with Crippen molar-refractivity contribution in [1.29, 1.82) is 0 Å². The number of allylic oxidation sites excluding steroid dienone is 2. The summed E-state index contributed by atoms with van der Waals surface area (Å²) < 4.78 is 0. The monoisotopic (exact) mass is 273 g/mol. The predicted molar refractivity (Wildman–Crippen MR) is 88.7 cm³/mol. The average Bonchev–Trinajstić information content (AvgIpc) is 2.31. The molecule has 1 aromatic carbocycles. The van der Waals surface area contributed by atoms with Gasteiger partial charge in [0.2, 0.25) is 0 Å². The molecule has 1 nitrogen and oxygen atoms in total. The van der Waals surface area contributed by atoms with Crippen LogP contribution in [0.2, 0.25) is 0 Å². The molecule has 0 saturated heterocycles. The molecule has 0 aliphatic carbocycles. The largest absolute Gasteiger partial charge is 0.358 e. The van der Waals surface area contributed by atoms with E-state index in [4.69, 9.17) is 0 Å². The van der Waals surface area contributed by atoms with Crippen molar-refractivity contribution in [3.8, 4) is 0 Å². The Balaban J connectivity index is 2.93. The molecule has 0 aromatic heterocycles. The van der Waals surface area contributed by atoms with Gasteiger partial charge in [-0.25, -0.2) is 0 Å². The van der Waals surface area contributed by atoms with Gasteiger partial charge in [-0.2, -0.15) is 0 Å². The van der Waals surface area contributed by atoms with Gasteiger partial charge in [-0.1, -0.05) is 49.9 Å². The normalized spacial score (nSPS) is 13.5. The smallest absolute Gasteiger partial charge is 0.0517 e. The van der Waals surface area contributed by atoms with Gasteiger partial charge in [-0.15, -0.1) is 12.6 Å². The zero-order valence-corrected chi connectivity index (χ0v) is 12.9. The van der Waals surface area contributed by atoms with Crippen molar-refractivity contribution in [1.82, 2.24) is 0 Å². The third-order valence-electron chi connectivity index (χ3n) is 3.38. The zero-order chi connectivity index (χ0) is 14.6. The number of thiol groups is 1. The maximum atomic E-state index is 4.44. The van der Waals surface area contributed by atoms with Crippen molar-refractivity contribution in [2.24, 2.45) is 11.8 Å². The highest BCUT2D eigenvalue weighted by atomic mass is 32.1. The molecular formula is C17H23NS. The summed E-state index contributed by atoms with van der Waals surface area (Å²) >= 11 is 4.44. The lowest BCUT2D eigenvalue weighted by atomic mass is 9.82. The summed E-state index contributed by atoms with van der Waals surface area (Å²) in [4.78, 5) is 0.909. The SMILES string of the molecule is C=C(C)C(C)C(C(=C)C)C(=C)Nc1ccccc1S. The van der Waals surface area contributed by atoms with Gasteiger partial charge in [0.1, 0.15) is 0 Å². The first-order valence-corrected chi connectivity index (χ1v) is 6.84. The average molecular weight is 273 g/mol. The van der Waals surface area contributed by atoms with Crippen LogP contribution in [0.15, 0.2) is 65.7 Å². The van der Waals surface area contributed by atoms with Crippen LogP contribution in [-0.2, 0) is 0 Å².